The Bertz CT molecular complexity index is 1900. The average molecular weight is 684 g/mol. The molecule has 11 heteroatoms. The van der Waals surface area contributed by atoms with Crippen molar-refractivity contribution in [1.82, 2.24) is 34.1 Å². The highest BCUT2D eigenvalue weighted by Gasteiger charge is 2.28. The lowest BCUT2D eigenvalue weighted by Crippen LogP contribution is -2.48. The lowest BCUT2D eigenvalue weighted by atomic mass is 9.91. The molecule has 3 heterocycles. The van der Waals surface area contributed by atoms with Gasteiger partial charge in [0, 0.05) is 50.8 Å². The van der Waals surface area contributed by atoms with Crippen molar-refractivity contribution in [2.24, 2.45) is 0 Å². The minimum absolute atomic E-state index is 0.0152. The van der Waals surface area contributed by atoms with Crippen molar-refractivity contribution in [3.63, 3.8) is 0 Å². The number of amides is 1. The first kappa shape index (κ1) is 35.6. The van der Waals surface area contributed by atoms with Crippen LogP contribution in [0, 0.1) is 5.82 Å². The average Bonchev–Trinajstić information content (AvgIpc) is 3.12. The van der Waals surface area contributed by atoms with Gasteiger partial charge in [0.15, 0.2) is 5.65 Å². The van der Waals surface area contributed by atoms with Crippen LogP contribution in [-0.4, -0.2) is 92.6 Å². The van der Waals surface area contributed by atoms with E-state index in [9.17, 15) is 18.8 Å². The van der Waals surface area contributed by atoms with Crippen LogP contribution in [0.25, 0.3) is 27.8 Å². The summed E-state index contributed by atoms with van der Waals surface area (Å²) in [5.74, 6) is -0.653. The molecular formula is C39H50FN7O3. The van der Waals surface area contributed by atoms with E-state index in [-0.39, 0.29) is 29.0 Å². The number of nitrogens with one attached hydrogen (secondary N) is 1. The molecule has 10 nitrogen and oxygen atoms in total. The van der Waals surface area contributed by atoms with Gasteiger partial charge >= 0.3 is 5.69 Å². The van der Waals surface area contributed by atoms with Gasteiger partial charge in [0.25, 0.3) is 5.56 Å². The topological polar surface area (TPSA) is 95.7 Å². The number of carbonyl (C=O) groups is 1. The van der Waals surface area contributed by atoms with Crippen LogP contribution in [0.15, 0.2) is 70.4 Å². The molecular weight excluding hydrogens is 633 g/mol. The van der Waals surface area contributed by atoms with Crippen LogP contribution in [0.2, 0.25) is 0 Å². The molecule has 0 spiro atoms. The number of fused-ring (bicyclic) bond motifs is 1. The molecule has 2 aromatic carbocycles. The van der Waals surface area contributed by atoms with Gasteiger partial charge in [-0.2, -0.15) is 0 Å². The fourth-order valence-electron chi connectivity index (χ4n) is 7.46. The van der Waals surface area contributed by atoms with Gasteiger partial charge in [-0.15, -0.1) is 0 Å². The molecule has 2 fully saturated rings. The minimum Gasteiger partial charge on any atom is -0.352 e. The van der Waals surface area contributed by atoms with E-state index in [0.717, 1.165) is 63.1 Å². The standard InChI is InChI=1S/C39H50FN7O3/c1-5-43(6-2)26-36(48)42-32-14-16-33(17-15-32)47-38(49)35-23-31(40)24-41-37(35)46(39(47)50)34-9-7-8-30(22-34)29-12-10-28(11-13-29)25-44-18-20-45(21-19-44)27(3)4/h7-13,22-24,27,32-33H,5-6,14-21,25-26H2,1-4H3,(H,42,48)/t32-,33+. The zero-order valence-corrected chi connectivity index (χ0v) is 29.8. The molecule has 2 aliphatic rings. The predicted molar refractivity (Wildman–Crippen MR) is 196 cm³/mol. The smallest absolute Gasteiger partial charge is 0.337 e. The molecule has 0 bridgehead atoms. The van der Waals surface area contributed by atoms with Gasteiger partial charge in [0.2, 0.25) is 5.91 Å². The Morgan fingerprint density at radius 3 is 2.30 bits per heavy atom. The molecule has 0 atom stereocenters. The van der Waals surface area contributed by atoms with Gasteiger partial charge < -0.3 is 5.32 Å². The molecule has 6 rings (SSSR count). The highest BCUT2D eigenvalue weighted by Crippen LogP contribution is 2.28. The normalized spacial score (nSPS) is 19.0. The van der Waals surface area contributed by atoms with Crippen molar-refractivity contribution in [3.05, 3.63) is 93.0 Å². The molecule has 1 aliphatic carbocycles. The maximum Gasteiger partial charge on any atom is 0.337 e. The van der Waals surface area contributed by atoms with E-state index in [4.69, 9.17) is 0 Å². The quantitative estimate of drug-likeness (QED) is 0.242. The Morgan fingerprint density at radius 1 is 0.940 bits per heavy atom. The number of hydrogen-bond acceptors (Lipinski definition) is 7. The molecule has 50 heavy (non-hydrogen) atoms. The van der Waals surface area contributed by atoms with E-state index < -0.39 is 17.1 Å². The van der Waals surface area contributed by atoms with Gasteiger partial charge in [0.05, 0.1) is 23.8 Å². The molecule has 2 aromatic heterocycles. The number of nitrogens with zero attached hydrogens (tertiary/aromatic N) is 6. The number of piperazine rings is 1. The summed E-state index contributed by atoms with van der Waals surface area (Å²) in [6.45, 7) is 15.7. The molecule has 4 aromatic rings. The third kappa shape index (κ3) is 7.90. The number of halogens is 1. The Kier molecular flexibility index (Phi) is 11.2. The maximum atomic E-state index is 14.5. The van der Waals surface area contributed by atoms with E-state index in [0.29, 0.717) is 44.0 Å². The van der Waals surface area contributed by atoms with Crippen LogP contribution in [0.3, 0.4) is 0 Å². The summed E-state index contributed by atoms with van der Waals surface area (Å²) in [5, 5.41) is 3.19. The Hall–Kier alpha value is -4.19. The maximum absolute atomic E-state index is 14.5. The van der Waals surface area contributed by atoms with E-state index in [1.165, 1.54) is 20.8 Å². The lowest BCUT2D eigenvalue weighted by Gasteiger charge is -2.36. The van der Waals surface area contributed by atoms with Crippen LogP contribution in [0.4, 0.5) is 4.39 Å². The Labute approximate surface area is 293 Å². The number of hydrogen-bond donors (Lipinski definition) is 1. The second-order valence-electron chi connectivity index (χ2n) is 14.0. The van der Waals surface area contributed by atoms with Crippen molar-refractivity contribution in [1.29, 1.82) is 0 Å². The molecule has 1 saturated carbocycles. The summed E-state index contributed by atoms with van der Waals surface area (Å²) >= 11 is 0. The summed E-state index contributed by atoms with van der Waals surface area (Å²) < 4.78 is 17.2. The second kappa shape index (κ2) is 15.8. The van der Waals surface area contributed by atoms with Gasteiger partial charge in [-0.25, -0.2) is 18.7 Å². The number of aromatic nitrogens is 3. The molecule has 1 saturated heterocycles. The first-order valence-electron chi connectivity index (χ1n) is 18.2. The monoisotopic (exact) mass is 683 g/mol. The minimum atomic E-state index is -0.637. The van der Waals surface area contributed by atoms with E-state index in [2.05, 4.69) is 63.1 Å². The number of benzene rings is 2. The highest BCUT2D eigenvalue weighted by atomic mass is 19.1. The Morgan fingerprint density at radius 2 is 1.64 bits per heavy atom. The summed E-state index contributed by atoms with van der Waals surface area (Å²) in [6.07, 6.45) is 3.40. The van der Waals surface area contributed by atoms with Gasteiger partial charge in [-0.3, -0.25) is 28.9 Å². The van der Waals surface area contributed by atoms with E-state index in [1.54, 1.807) is 0 Å². The molecule has 0 unspecified atom stereocenters. The van der Waals surface area contributed by atoms with Crippen LogP contribution in [0.5, 0.6) is 0 Å². The Balaban J connectivity index is 1.24. The summed E-state index contributed by atoms with van der Waals surface area (Å²) in [6, 6.07) is 17.5. The van der Waals surface area contributed by atoms with Crippen LogP contribution in [0.1, 0.15) is 65.0 Å². The fourth-order valence-corrected chi connectivity index (χ4v) is 7.46. The number of pyridine rings is 1. The second-order valence-corrected chi connectivity index (χ2v) is 14.0. The van der Waals surface area contributed by atoms with Gasteiger partial charge in [-0.1, -0.05) is 50.2 Å². The summed E-state index contributed by atoms with van der Waals surface area (Å²) in [5.41, 5.74) is 2.81. The number of likely N-dealkylation sites (N-methyl/N-ethyl adjacent to an activating group) is 1. The lowest BCUT2D eigenvalue weighted by molar-refractivity contribution is -0.123. The van der Waals surface area contributed by atoms with Crippen LogP contribution in [-0.2, 0) is 11.3 Å². The van der Waals surface area contributed by atoms with Crippen molar-refractivity contribution in [2.75, 3.05) is 45.8 Å². The predicted octanol–water partition coefficient (Wildman–Crippen LogP) is 4.82. The zero-order chi connectivity index (χ0) is 35.4. The zero-order valence-electron chi connectivity index (χ0n) is 29.8. The molecule has 266 valence electrons. The first-order chi connectivity index (χ1) is 24.1. The number of carbonyl (C=O) groups excluding carboxylic acids is 1. The van der Waals surface area contributed by atoms with E-state index >= 15 is 0 Å². The largest absolute Gasteiger partial charge is 0.352 e. The third-order valence-electron chi connectivity index (χ3n) is 10.5. The third-order valence-corrected chi connectivity index (χ3v) is 10.5. The van der Waals surface area contributed by atoms with Gasteiger partial charge in [0.1, 0.15) is 5.82 Å². The molecule has 1 amide bonds. The van der Waals surface area contributed by atoms with Gasteiger partial charge in [-0.05, 0) is 87.5 Å². The van der Waals surface area contributed by atoms with Crippen LogP contribution >= 0.6 is 0 Å². The molecule has 1 N–H and O–H groups in total. The van der Waals surface area contributed by atoms with Crippen LogP contribution < -0.4 is 16.6 Å². The fraction of sp³-hybridized carbons (Fsp3) is 0.487. The molecule has 1 aliphatic heterocycles. The van der Waals surface area contributed by atoms with Crippen molar-refractivity contribution < 1.29 is 9.18 Å². The van der Waals surface area contributed by atoms with Crippen molar-refractivity contribution in [3.8, 4) is 16.8 Å². The summed E-state index contributed by atoms with van der Waals surface area (Å²) in [4.78, 5) is 52.0. The highest BCUT2D eigenvalue weighted by molar-refractivity contribution is 5.78. The first-order valence-corrected chi connectivity index (χ1v) is 18.2. The SMILES string of the molecule is CCN(CC)CC(=O)N[C@H]1CC[C@@H](n2c(=O)c3cc(F)cnc3n(-c3cccc(-c4ccc(CN5CCN(C(C)C)CC5)cc4)c3)c2=O)CC1. The number of rotatable bonds is 11. The molecule has 0 radical (unpaired) electrons. The summed E-state index contributed by atoms with van der Waals surface area (Å²) in [7, 11) is 0. The van der Waals surface area contributed by atoms with Crippen molar-refractivity contribution >= 4 is 16.9 Å². The van der Waals surface area contributed by atoms with E-state index in [1.807, 2.05) is 38.1 Å². The van der Waals surface area contributed by atoms with Crippen molar-refractivity contribution in [2.45, 2.75) is 78.0 Å².